The Morgan fingerprint density at radius 1 is 1.14 bits per heavy atom. The third kappa shape index (κ3) is 4.08. The number of carbonyl (C=O) groups excluding carboxylic acids is 1. The quantitative estimate of drug-likeness (QED) is 0.853. The zero-order valence-corrected chi connectivity index (χ0v) is 13.7. The van der Waals surface area contributed by atoms with E-state index in [9.17, 15) is 4.79 Å². The van der Waals surface area contributed by atoms with Crippen LogP contribution in [0.4, 0.5) is 5.69 Å². The summed E-state index contributed by atoms with van der Waals surface area (Å²) >= 11 is 3.44. The van der Waals surface area contributed by atoms with Crippen LogP contribution in [0.5, 0.6) is 5.75 Å². The number of hydrogen-bond acceptors (Lipinski definition) is 2. The number of ether oxygens (including phenoxy) is 1. The standard InChI is InChI=1S/C17H18BrNO2/c1-3-12-11-14(18)7-10-16(12)19-17(20)13-5-8-15(9-6-13)21-4-2/h5-11H,3-4H2,1-2H3,(H,19,20). The van der Waals surface area contributed by atoms with Crippen LogP contribution in [0.2, 0.25) is 0 Å². The van der Waals surface area contributed by atoms with Crippen molar-refractivity contribution in [2.45, 2.75) is 20.3 Å². The van der Waals surface area contributed by atoms with Crippen molar-refractivity contribution in [1.29, 1.82) is 0 Å². The molecule has 21 heavy (non-hydrogen) atoms. The van der Waals surface area contributed by atoms with Crippen LogP contribution in [-0.2, 0) is 6.42 Å². The second-order valence-electron chi connectivity index (χ2n) is 4.57. The number of halogens is 1. The molecule has 0 aromatic heterocycles. The zero-order valence-electron chi connectivity index (χ0n) is 12.2. The Kier molecular flexibility index (Phi) is 5.39. The Morgan fingerprint density at radius 2 is 1.86 bits per heavy atom. The molecule has 0 radical (unpaired) electrons. The molecule has 0 bridgehead atoms. The van der Waals surface area contributed by atoms with Gasteiger partial charge >= 0.3 is 0 Å². The van der Waals surface area contributed by atoms with Crippen molar-refractivity contribution in [3.05, 3.63) is 58.1 Å². The highest BCUT2D eigenvalue weighted by Crippen LogP contribution is 2.22. The molecule has 0 aliphatic rings. The predicted molar refractivity (Wildman–Crippen MR) is 89.1 cm³/mol. The molecule has 3 nitrogen and oxygen atoms in total. The van der Waals surface area contributed by atoms with E-state index < -0.39 is 0 Å². The lowest BCUT2D eigenvalue weighted by atomic mass is 10.1. The number of aryl methyl sites for hydroxylation is 1. The van der Waals surface area contributed by atoms with Crippen molar-refractivity contribution in [2.24, 2.45) is 0 Å². The molecule has 0 spiro atoms. The van der Waals surface area contributed by atoms with Crippen LogP contribution in [0.15, 0.2) is 46.9 Å². The van der Waals surface area contributed by atoms with Gasteiger partial charge in [0.2, 0.25) is 0 Å². The minimum absolute atomic E-state index is 0.116. The van der Waals surface area contributed by atoms with E-state index in [0.717, 1.165) is 27.9 Å². The van der Waals surface area contributed by atoms with Crippen molar-refractivity contribution >= 4 is 27.5 Å². The number of rotatable bonds is 5. The summed E-state index contributed by atoms with van der Waals surface area (Å²) < 4.78 is 6.38. The van der Waals surface area contributed by atoms with Gasteiger partial charge in [-0.25, -0.2) is 0 Å². The highest BCUT2D eigenvalue weighted by Gasteiger charge is 2.09. The molecule has 0 fully saturated rings. The van der Waals surface area contributed by atoms with Crippen LogP contribution < -0.4 is 10.1 Å². The predicted octanol–water partition coefficient (Wildman–Crippen LogP) is 4.66. The topological polar surface area (TPSA) is 38.3 Å². The summed E-state index contributed by atoms with van der Waals surface area (Å²) in [5, 5.41) is 2.96. The van der Waals surface area contributed by atoms with E-state index >= 15 is 0 Å². The molecule has 0 saturated carbocycles. The maximum atomic E-state index is 12.3. The Bertz CT molecular complexity index is 623. The van der Waals surface area contributed by atoms with Crippen LogP contribution in [0.1, 0.15) is 29.8 Å². The average molecular weight is 348 g/mol. The lowest BCUT2D eigenvalue weighted by molar-refractivity contribution is 0.102. The van der Waals surface area contributed by atoms with E-state index in [0.29, 0.717) is 12.2 Å². The Labute approximate surface area is 133 Å². The SMILES string of the molecule is CCOc1ccc(C(=O)Nc2ccc(Br)cc2CC)cc1. The highest BCUT2D eigenvalue weighted by molar-refractivity contribution is 9.10. The first-order chi connectivity index (χ1) is 10.1. The van der Waals surface area contributed by atoms with E-state index in [1.54, 1.807) is 24.3 Å². The number of hydrogen-bond donors (Lipinski definition) is 1. The van der Waals surface area contributed by atoms with Crippen molar-refractivity contribution in [2.75, 3.05) is 11.9 Å². The van der Waals surface area contributed by atoms with E-state index in [1.807, 2.05) is 25.1 Å². The second-order valence-corrected chi connectivity index (χ2v) is 5.48. The van der Waals surface area contributed by atoms with Crippen molar-refractivity contribution < 1.29 is 9.53 Å². The number of benzene rings is 2. The second kappa shape index (κ2) is 7.27. The molecule has 2 aromatic carbocycles. The maximum absolute atomic E-state index is 12.3. The third-order valence-corrected chi connectivity index (χ3v) is 3.62. The van der Waals surface area contributed by atoms with Gasteiger partial charge in [0, 0.05) is 15.7 Å². The Morgan fingerprint density at radius 3 is 2.48 bits per heavy atom. The van der Waals surface area contributed by atoms with E-state index in [4.69, 9.17) is 4.74 Å². The normalized spacial score (nSPS) is 10.2. The van der Waals surface area contributed by atoms with E-state index in [1.165, 1.54) is 0 Å². The van der Waals surface area contributed by atoms with Gasteiger partial charge < -0.3 is 10.1 Å². The molecule has 0 unspecified atom stereocenters. The van der Waals surface area contributed by atoms with Gasteiger partial charge in [-0.15, -0.1) is 0 Å². The van der Waals surface area contributed by atoms with Crippen molar-refractivity contribution in [3.63, 3.8) is 0 Å². The van der Waals surface area contributed by atoms with Crippen molar-refractivity contribution in [3.8, 4) is 5.75 Å². The molecule has 0 heterocycles. The van der Waals surface area contributed by atoms with Crippen LogP contribution in [0.3, 0.4) is 0 Å². The van der Waals surface area contributed by atoms with Gasteiger partial charge in [-0.2, -0.15) is 0 Å². The van der Waals surface area contributed by atoms with E-state index in [-0.39, 0.29) is 5.91 Å². The fourth-order valence-corrected chi connectivity index (χ4v) is 2.45. The summed E-state index contributed by atoms with van der Waals surface area (Å²) in [5.41, 5.74) is 2.56. The van der Waals surface area contributed by atoms with Crippen molar-refractivity contribution in [1.82, 2.24) is 0 Å². The lowest BCUT2D eigenvalue weighted by Gasteiger charge is -2.11. The van der Waals surface area contributed by atoms with Gasteiger partial charge in [-0.1, -0.05) is 22.9 Å². The van der Waals surface area contributed by atoms with Gasteiger partial charge in [0.15, 0.2) is 0 Å². The van der Waals surface area contributed by atoms with Crippen LogP contribution >= 0.6 is 15.9 Å². The summed E-state index contributed by atoms with van der Waals surface area (Å²) in [6.45, 7) is 4.61. The molecule has 1 N–H and O–H groups in total. The molecule has 2 aromatic rings. The molecule has 2 rings (SSSR count). The zero-order chi connectivity index (χ0) is 15.2. The lowest BCUT2D eigenvalue weighted by Crippen LogP contribution is -2.13. The third-order valence-electron chi connectivity index (χ3n) is 3.12. The smallest absolute Gasteiger partial charge is 0.255 e. The summed E-state index contributed by atoms with van der Waals surface area (Å²) in [7, 11) is 0. The van der Waals surface area contributed by atoms with Crippen LogP contribution in [0, 0.1) is 0 Å². The molecule has 0 saturated heterocycles. The molecular weight excluding hydrogens is 330 g/mol. The largest absolute Gasteiger partial charge is 0.494 e. The van der Waals surface area contributed by atoms with Gasteiger partial charge in [-0.3, -0.25) is 4.79 Å². The molecule has 0 atom stereocenters. The Balaban J connectivity index is 2.14. The number of amides is 1. The summed E-state index contributed by atoms with van der Waals surface area (Å²) in [5.74, 6) is 0.655. The number of carbonyl (C=O) groups is 1. The minimum Gasteiger partial charge on any atom is -0.494 e. The highest BCUT2D eigenvalue weighted by atomic mass is 79.9. The van der Waals surface area contributed by atoms with Crippen LogP contribution in [0.25, 0.3) is 0 Å². The van der Waals surface area contributed by atoms with Gasteiger partial charge in [0.1, 0.15) is 5.75 Å². The maximum Gasteiger partial charge on any atom is 0.255 e. The molecule has 4 heteroatoms. The first kappa shape index (κ1) is 15.6. The van der Waals surface area contributed by atoms with Gasteiger partial charge in [0.25, 0.3) is 5.91 Å². The molecule has 0 aliphatic heterocycles. The first-order valence-corrected chi connectivity index (χ1v) is 7.76. The molecular formula is C17H18BrNO2. The Hall–Kier alpha value is -1.81. The van der Waals surface area contributed by atoms with Gasteiger partial charge in [-0.05, 0) is 61.4 Å². The first-order valence-electron chi connectivity index (χ1n) is 6.96. The molecule has 0 aliphatic carbocycles. The molecule has 1 amide bonds. The number of anilines is 1. The minimum atomic E-state index is -0.116. The van der Waals surface area contributed by atoms with E-state index in [2.05, 4.69) is 28.2 Å². The average Bonchev–Trinajstić information content (AvgIpc) is 2.50. The van der Waals surface area contributed by atoms with Crippen LogP contribution in [-0.4, -0.2) is 12.5 Å². The summed E-state index contributed by atoms with van der Waals surface area (Å²) in [4.78, 5) is 12.3. The van der Waals surface area contributed by atoms with Gasteiger partial charge in [0.05, 0.1) is 6.61 Å². The fourth-order valence-electron chi connectivity index (χ4n) is 2.04. The monoisotopic (exact) mass is 347 g/mol. The summed E-state index contributed by atoms with van der Waals surface area (Å²) in [6, 6.07) is 13.0. The molecule has 110 valence electrons. The fraction of sp³-hybridized carbons (Fsp3) is 0.235. The number of nitrogens with one attached hydrogen (secondary N) is 1. The summed E-state index contributed by atoms with van der Waals surface area (Å²) in [6.07, 6.45) is 0.859.